The maximum Gasteiger partial charge on any atom is 0.325 e. The van der Waals surface area contributed by atoms with Gasteiger partial charge in [-0.3, -0.25) is 14.5 Å². The largest absolute Gasteiger partial charge is 0.340 e. The average molecular weight is 499 g/mol. The summed E-state index contributed by atoms with van der Waals surface area (Å²) < 4.78 is 27.5. The minimum absolute atomic E-state index is 0.142. The number of hydrogen-bond acceptors (Lipinski definition) is 5. The van der Waals surface area contributed by atoms with Crippen molar-refractivity contribution in [1.29, 1.82) is 0 Å². The van der Waals surface area contributed by atoms with E-state index >= 15 is 0 Å². The van der Waals surface area contributed by atoms with Gasteiger partial charge in [0, 0.05) is 26.2 Å². The summed E-state index contributed by atoms with van der Waals surface area (Å²) in [5.74, 6) is -0.880. The summed E-state index contributed by atoms with van der Waals surface area (Å²) in [5, 5.41) is 2.71. The third kappa shape index (κ3) is 4.81. The van der Waals surface area contributed by atoms with Crippen molar-refractivity contribution in [2.45, 2.75) is 37.6 Å². The Morgan fingerprint density at radius 2 is 1.51 bits per heavy atom. The Balaban J connectivity index is 1.42. The summed E-state index contributed by atoms with van der Waals surface area (Å²) >= 11 is 0. The summed E-state index contributed by atoms with van der Waals surface area (Å²) in [7, 11) is -3.67. The molecule has 0 spiro atoms. The van der Waals surface area contributed by atoms with E-state index in [0.717, 1.165) is 16.0 Å². The van der Waals surface area contributed by atoms with Crippen LogP contribution in [0.1, 0.15) is 30.0 Å². The fourth-order valence-corrected chi connectivity index (χ4v) is 5.87. The van der Waals surface area contributed by atoms with Gasteiger partial charge in [0.1, 0.15) is 12.1 Å². The van der Waals surface area contributed by atoms with E-state index in [4.69, 9.17) is 0 Å². The lowest BCUT2D eigenvalue weighted by Crippen LogP contribution is -2.45. The summed E-state index contributed by atoms with van der Waals surface area (Å²) in [6.07, 6.45) is 0.456. The molecule has 4 amide bonds. The molecular weight excluding hydrogens is 468 g/mol. The van der Waals surface area contributed by atoms with Crippen LogP contribution in [0, 0.1) is 13.8 Å². The number of amides is 4. The second kappa shape index (κ2) is 9.43. The van der Waals surface area contributed by atoms with Gasteiger partial charge in [-0.05, 0) is 44.9 Å². The van der Waals surface area contributed by atoms with Gasteiger partial charge >= 0.3 is 6.03 Å². The fraction of sp³-hybridized carbons (Fsp3) is 0.400. The van der Waals surface area contributed by atoms with Crippen LogP contribution in [0.25, 0.3) is 0 Å². The first-order chi connectivity index (χ1) is 16.5. The van der Waals surface area contributed by atoms with Crippen LogP contribution < -0.4 is 5.32 Å². The smallest absolute Gasteiger partial charge is 0.325 e. The number of aryl methyl sites for hydroxylation is 2. The van der Waals surface area contributed by atoms with E-state index < -0.39 is 40.0 Å². The van der Waals surface area contributed by atoms with Crippen LogP contribution in [0.2, 0.25) is 0 Å². The van der Waals surface area contributed by atoms with E-state index in [1.54, 1.807) is 43.3 Å². The number of imide groups is 1. The van der Waals surface area contributed by atoms with E-state index in [-0.39, 0.29) is 24.5 Å². The Morgan fingerprint density at radius 3 is 2.14 bits per heavy atom. The van der Waals surface area contributed by atoms with Gasteiger partial charge in [-0.25, -0.2) is 13.2 Å². The van der Waals surface area contributed by atoms with Crippen LogP contribution in [0.15, 0.2) is 53.4 Å². The van der Waals surface area contributed by atoms with Crippen molar-refractivity contribution in [2.75, 3.05) is 32.7 Å². The van der Waals surface area contributed by atoms with Crippen molar-refractivity contribution < 1.29 is 22.8 Å². The molecule has 2 saturated heterocycles. The second-order valence-corrected chi connectivity index (χ2v) is 11.2. The molecule has 1 atom stereocenters. The van der Waals surface area contributed by atoms with Gasteiger partial charge in [0.25, 0.3) is 5.91 Å². The molecule has 35 heavy (non-hydrogen) atoms. The molecule has 186 valence electrons. The number of nitrogens with zero attached hydrogens (tertiary/aromatic N) is 3. The van der Waals surface area contributed by atoms with E-state index in [9.17, 15) is 22.8 Å². The van der Waals surface area contributed by atoms with Crippen LogP contribution in [0.4, 0.5) is 4.79 Å². The molecule has 9 nitrogen and oxygen atoms in total. The van der Waals surface area contributed by atoms with Gasteiger partial charge in [-0.15, -0.1) is 0 Å². The molecule has 2 aliphatic heterocycles. The number of nitrogens with one attached hydrogen (secondary N) is 1. The normalized spacial score (nSPS) is 21.7. The fourth-order valence-electron chi connectivity index (χ4n) is 4.40. The third-order valence-electron chi connectivity index (χ3n) is 6.66. The monoisotopic (exact) mass is 498 g/mol. The Labute approximate surface area is 205 Å². The van der Waals surface area contributed by atoms with E-state index in [1.165, 1.54) is 9.21 Å². The second-order valence-electron chi connectivity index (χ2n) is 9.26. The molecule has 0 saturated carbocycles. The van der Waals surface area contributed by atoms with Gasteiger partial charge in [0.05, 0.1) is 4.90 Å². The average Bonchev–Trinajstić information content (AvgIpc) is 2.99. The van der Waals surface area contributed by atoms with Crippen molar-refractivity contribution in [1.82, 2.24) is 19.4 Å². The summed E-state index contributed by atoms with van der Waals surface area (Å²) in [4.78, 5) is 41.5. The highest BCUT2D eigenvalue weighted by Gasteiger charge is 2.49. The van der Waals surface area contributed by atoms with E-state index in [0.29, 0.717) is 18.5 Å². The number of sulfonamides is 1. The first kappa shape index (κ1) is 24.9. The number of carbonyl (C=O) groups is 3. The Hall–Kier alpha value is -3.24. The van der Waals surface area contributed by atoms with Crippen molar-refractivity contribution in [3.05, 3.63) is 65.2 Å². The Kier molecular flexibility index (Phi) is 6.70. The van der Waals surface area contributed by atoms with Crippen molar-refractivity contribution in [3.63, 3.8) is 0 Å². The molecule has 0 aromatic heterocycles. The molecule has 1 unspecified atom stereocenters. The van der Waals surface area contributed by atoms with Gasteiger partial charge in [0.2, 0.25) is 15.9 Å². The lowest BCUT2D eigenvalue weighted by Gasteiger charge is -2.25. The molecule has 4 rings (SSSR count). The first-order valence-corrected chi connectivity index (χ1v) is 13.0. The topological polar surface area (TPSA) is 107 Å². The maximum absolute atomic E-state index is 13.2. The zero-order valence-corrected chi connectivity index (χ0v) is 21.0. The summed E-state index contributed by atoms with van der Waals surface area (Å²) in [6, 6.07) is 13.4. The standard InChI is InChI=1S/C25H30N4O5S/c1-18-5-9-20(10-6-18)25(3)23(31)29(24(32)26-25)17-22(30)27-13-4-14-28(16-15-27)35(33,34)21-11-7-19(2)8-12-21/h5-12H,4,13-17H2,1-3H3,(H,26,32). The molecule has 2 fully saturated rings. The zero-order valence-electron chi connectivity index (χ0n) is 20.2. The van der Waals surface area contributed by atoms with Crippen LogP contribution in [-0.4, -0.2) is 73.1 Å². The predicted molar refractivity (Wildman–Crippen MR) is 130 cm³/mol. The van der Waals surface area contributed by atoms with E-state index in [1.807, 2.05) is 26.0 Å². The minimum atomic E-state index is -3.67. The third-order valence-corrected chi connectivity index (χ3v) is 8.58. The molecule has 0 radical (unpaired) electrons. The Morgan fingerprint density at radius 1 is 0.914 bits per heavy atom. The first-order valence-electron chi connectivity index (χ1n) is 11.6. The minimum Gasteiger partial charge on any atom is -0.340 e. The number of benzene rings is 2. The summed E-state index contributed by atoms with van der Waals surface area (Å²) in [6.45, 7) is 6.01. The molecule has 2 aliphatic rings. The van der Waals surface area contributed by atoms with Crippen LogP contribution in [0.5, 0.6) is 0 Å². The maximum atomic E-state index is 13.2. The lowest BCUT2D eigenvalue weighted by molar-refractivity contribution is -0.138. The molecular formula is C25H30N4O5S. The highest BCUT2D eigenvalue weighted by Crippen LogP contribution is 2.29. The van der Waals surface area contributed by atoms with Crippen molar-refractivity contribution >= 4 is 27.9 Å². The number of urea groups is 1. The van der Waals surface area contributed by atoms with Crippen LogP contribution in [0.3, 0.4) is 0 Å². The van der Waals surface area contributed by atoms with Crippen molar-refractivity contribution in [2.24, 2.45) is 0 Å². The summed E-state index contributed by atoms with van der Waals surface area (Å²) in [5.41, 5.74) is 1.39. The number of carbonyl (C=O) groups excluding carboxylic acids is 3. The van der Waals surface area contributed by atoms with Crippen molar-refractivity contribution in [3.8, 4) is 0 Å². The number of hydrogen-bond donors (Lipinski definition) is 1. The van der Waals surface area contributed by atoms with Gasteiger partial charge in [0.15, 0.2) is 0 Å². The van der Waals surface area contributed by atoms with Gasteiger partial charge in [-0.1, -0.05) is 47.5 Å². The van der Waals surface area contributed by atoms with Gasteiger partial charge in [-0.2, -0.15) is 4.31 Å². The van der Waals surface area contributed by atoms with Gasteiger partial charge < -0.3 is 10.2 Å². The van der Waals surface area contributed by atoms with Crippen LogP contribution in [-0.2, 0) is 25.2 Å². The molecule has 0 bridgehead atoms. The molecule has 2 aromatic rings. The number of rotatable bonds is 5. The molecule has 0 aliphatic carbocycles. The van der Waals surface area contributed by atoms with E-state index in [2.05, 4.69) is 5.32 Å². The van der Waals surface area contributed by atoms with Crippen LogP contribution >= 0.6 is 0 Å². The molecule has 1 N–H and O–H groups in total. The molecule has 2 aromatic carbocycles. The lowest BCUT2D eigenvalue weighted by atomic mass is 9.91. The zero-order chi connectivity index (χ0) is 25.4. The predicted octanol–water partition coefficient (Wildman–Crippen LogP) is 1.99. The Bertz CT molecular complexity index is 1240. The highest BCUT2D eigenvalue weighted by atomic mass is 32.2. The highest BCUT2D eigenvalue weighted by molar-refractivity contribution is 7.89. The molecule has 2 heterocycles. The quantitative estimate of drug-likeness (QED) is 0.635. The SMILES string of the molecule is Cc1ccc(C2(C)NC(=O)N(CC(=O)N3CCCN(S(=O)(=O)c4ccc(C)cc4)CC3)C2=O)cc1. The molecule has 10 heteroatoms.